The van der Waals surface area contributed by atoms with Gasteiger partial charge in [-0.25, -0.2) is 0 Å². The molecule has 0 unspecified atom stereocenters. The molecule has 0 aliphatic carbocycles. The highest BCUT2D eigenvalue weighted by Gasteiger charge is 2.14. The Hall–Kier alpha value is -2.75. The summed E-state index contributed by atoms with van der Waals surface area (Å²) in [5.41, 5.74) is 3.66. The van der Waals surface area contributed by atoms with E-state index in [2.05, 4.69) is 0 Å². The first-order valence-electron chi connectivity index (χ1n) is 7.60. The van der Waals surface area contributed by atoms with E-state index in [4.69, 9.17) is 14.2 Å². The Morgan fingerprint density at radius 2 is 1.58 bits per heavy atom. The van der Waals surface area contributed by atoms with Crippen LogP contribution in [0.2, 0.25) is 0 Å². The number of hydrogen-bond donors (Lipinski definition) is 0. The number of hydrogen-bond acceptors (Lipinski definition) is 4. The lowest BCUT2D eigenvalue weighted by molar-refractivity contribution is 0.104. The van der Waals surface area contributed by atoms with Gasteiger partial charge in [-0.05, 0) is 55.3 Å². The van der Waals surface area contributed by atoms with Crippen molar-refractivity contribution in [3.8, 4) is 17.2 Å². The average Bonchev–Trinajstić information content (AvgIpc) is 2.60. The van der Waals surface area contributed by atoms with Crippen molar-refractivity contribution < 1.29 is 19.0 Å². The summed E-state index contributed by atoms with van der Waals surface area (Å²) >= 11 is 0. The van der Waals surface area contributed by atoms with Gasteiger partial charge in [0.2, 0.25) is 5.75 Å². The third kappa shape index (κ3) is 3.59. The standard InChI is InChI=1S/C20H22O4/c1-13-6-7-16(12-14(13)2)17(21)10-8-15-9-11-18(22-3)20(24-5)19(15)23-4/h6-12H,1-5H3/b10-8+. The van der Waals surface area contributed by atoms with Crippen LogP contribution in [0.25, 0.3) is 6.08 Å². The maximum Gasteiger partial charge on any atom is 0.203 e. The molecule has 4 heteroatoms. The number of aryl methyl sites for hydroxylation is 2. The zero-order valence-corrected chi connectivity index (χ0v) is 14.7. The average molecular weight is 326 g/mol. The van der Waals surface area contributed by atoms with Gasteiger partial charge in [0.05, 0.1) is 21.3 Å². The molecule has 0 aromatic heterocycles. The van der Waals surface area contributed by atoms with Gasteiger partial charge in [-0.15, -0.1) is 0 Å². The van der Waals surface area contributed by atoms with Crippen molar-refractivity contribution in [1.82, 2.24) is 0 Å². The molecule has 0 N–H and O–H groups in total. The Labute approximate surface area is 142 Å². The smallest absolute Gasteiger partial charge is 0.203 e. The highest BCUT2D eigenvalue weighted by atomic mass is 16.5. The molecule has 0 fully saturated rings. The summed E-state index contributed by atoms with van der Waals surface area (Å²) in [4.78, 5) is 12.4. The van der Waals surface area contributed by atoms with E-state index in [1.807, 2.05) is 38.1 Å². The van der Waals surface area contributed by atoms with Crippen LogP contribution < -0.4 is 14.2 Å². The van der Waals surface area contributed by atoms with Gasteiger partial charge in [0.1, 0.15) is 0 Å². The lowest BCUT2D eigenvalue weighted by atomic mass is 10.0. The maximum atomic E-state index is 12.4. The zero-order chi connectivity index (χ0) is 17.7. The first-order chi connectivity index (χ1) is 11.5. The molecule has 2 aromatic carbocycles. The summed E-state index contributed by atoms with van der Waals surface area (Å²) in [6.45, 7) is 4.01. The molecule has 0 radical (unpaired) electrons. The van der Waals surface area contributed by atoms with E-state index < -0.39 is 0 Å². The van der Waals surface area contributed by atoms with Crippen molar-refractivity contribution in [2.45, 2.75) is 13.8 Å². The van der Waals surface area contributed by atoms with E-state index in [0.717, 1.165) is 16.7 Å². The first-order valence-corrected chi connectivity index (χ1v) is 7.60. The van der Waals surface area contributed by atoms with Gasteiger partial charge in [-0.3, -0.25) is 4.79 Å². The minimum absolute atomic E-state index is 0.0602. The second kappa shape index (κ2) is 7.68. The molecule has 24 heavy (non-hydrogen) atoms. The normalized spacial score (nSPS) is 10.7. The summed E-state index contributed by atoms with van der Waals surface area (Å²) in [5.74, 6) is 1.55. The summed E-state index contributed by atoms with van der Waals surface area (Å²) in [5, 5.41) is 0. The fraction of sp³-hybridized carbons (Fsp3) is 0.250. The van der Waals surface area contributed by atoms with E-state index in [-0.39, 0.29) is 5.78 Å². The molecule has 0 atom stereocenters. The molecule has 126 valence electrons. The fourth-order valence-corrected chi connectivity index (χ4v) is 2.41. The second-order valence-electron chi connectivity index (χ2n) is 5.42. The monoisotopic (exact) mass is 326 g/mol. The van der Waals surface area contributed by atoms with Gasteiger partial charge in [0.15, 0.2) is 17.3 Å². The maximum absolute atomic E-state index is 12.4. The van der Waals surface area contributed by atoms with E-state index in [0.29, 0.717) is 22.8 Å². The number of methoxy groups -OCH3 is 3. The van der Waals surface area contributed by atoms with E-state index in [1.165, 1.54) is 6.08 Å². The van der Waals surface area contributed by atoms with Crippen LogP contribution in [0, 0.1) is 13.8 Å². The van der Waals surface area contributed by atoms with Gasteiger partial charge in [-0.1, -0.05) is 12.1 Å². The molecule has 0 saturated carbocycles. The van der Waals surface area contributed by atoms with Crippen LogP contribution in [-0.4, -0.2) is 27.1 Å². The van der Waals surface area contributed by atoms with Crippen molar-refractivity contribution in [3.63, 3.8) is 0 Å². The number of ketones is 1. The molecule has 4 nitrogen and oxygen atoms in total. The lowest BCUT2D eigenvalue weighted by Crippen LogP contribution is -1.98. The summed E-state index contributed by atoms with van der Waals surface area (Å²) < 4.78 is 16.0. The van der Waals surface area contributed by atoms with Gasteiger partial charge >= 0.3 is 0 Å². The van der Waals surface area contributed by atoms with Gasteiger partial charge in [0.25, 0.3) is 0 Å². The molecule has 0 heterocycles. The number of ether oxygens (including phenoxy) is 3. The highest BCUT2D eigenvalue weighted by Crippen LogP contribution is 2.40. The number of carbonyl (C=O) groups is 1. The van der Waals surface area contributed by atoms with Crippen LogP contribution in [0.4, 0.5) is 0 Å². The van der Waals surface area contributed by atoms with Gasteiger partial charge in [-0.2, -0.15) is 0 Å². The van der Waals surface area contributed by atoms with Crippen LogP contribution in [-0.2, 0) is 0 Å². The lowest BCUT2D eigenvalue weighted by Gasteiger charge is -2.13. The van der Waals surface area contributed by atoms with Crippen LogP contribution >= 0.6 is 0 Å². The van der Waals surface area contributed by atoms with E-state index >= 15 is 0 Å². The summed E-state index contributed by atoms with van der Waals surface area (Å²) in [7, 11) is 4.67. The molecule has 0 spiro atoms. The number of benzene rings is 2. The predicted molar refractivity (Wildman–Crippen MR) is 95.4 cm³/mol. The Kier molecular flexibility index (Phi) is 5.64. The Bertz CT molecular complexity index is 775. The third-order valence-corrected chi connectivity index (χ3v) is 3.94. The van der Waals surface area contributed by atoms with Crippen molar-refractivity contribution in [2.24, 2.45) is 0 Å². The van der Waals surface area contributed by atoms with Crippen molar-refractivity contribution >= 4 is 11.9 Å². The van der Waals surface area contributed by atoms with E-state index in [9.17, 15) is 4.79 Å². The topological polar surface area (TPSA) is 44.8 Å². The SMILES string of the molecule is COc1ccc(/C=C/C(=O)c2ccc(C)c(C)c2)c(OC)c1OC. The number of carbonyl (C=O) groups excluding carboxylic acids is 1. The molecule has 0 aliphatic heterocycles. The molecule has 0 amide bonds. The molecule has 0 bridgehead atoms. The predicted octanol–water partition coefficient (Wildman–Crippen LogP) is 4.23. The summed E-state index contributed by atoms with van der Waals surface area (Å²) in [6.07, 6.45) is 3.26. The minimum Gasteiger partial charge on any atom is -0.493 e. The first kappa shape index (κ1) is 17.6. The Morgan fingerprint density at radius 1 is 0.875 bits per heavy atom. The summed E-state index contributed by atoms with van der Waals surface area (Å²) in [6, 6.07) is 9.29. The molecule has 0 saturated heterocycles. The van der Waals surface area contributed by atoms with Crippen molar-refractivity contribution in [2.75, 3.05) is 21.3 Å². The minimum atomic E-state index is -0.0602. The Balaban J connectivity index is 2.34. The van der Waals surface area contributed by atoms with Crippen LogP contribution in [0.5, 0.6) is 17.2 Å². The number of allylic oxidation sites excluding steroid dienone is 1. The van der Waals surface area contributed by atoms with Gasteiger partial charge < -0.3 is 14.2 Å². The van der Waals surface area contributed by atoms with Crippen LogP contribution in [0.3, 0.4) is 0 Å². The van der Waals surface area contributed by atoms with Crippen molar-refractivity contribution in [3.05, 3.63) is 58.7 Å². The molecule has 2 rings (SSSR count). The fourth-order valence-electron chi connectivity index (χ4n) is 2.41. The largest absolute Gasteiger partial charge is 0.493 e. The number of rotatable bonds is 6. The molecular weight excluding hydrogens is 304 g/mol. The van der Waals surface area contributed by atoms with Crippen LogP contribution in [0.15, 0.2) is 36.4 Å². The van der Waals surface area contributed by atoms with E-state index in [1.54, 1.807) is 33.5 Å². The Morgan fingerprint density at radius 3 is 2.17 bits per heavy atom. The van der Waals surface area contributed by atoms with Crippen molar-refractivity contribution in [1.29, 1.82) is 0 Å². The highest BCUT2D eigenvalue weighted by molar-refractivity contribution is 6.07. The third-order valence-electron chi connectivity index (χ3n) is 3.94. The van der Waals surface area contributed by atoms with Gasteiger partial charge in [0, 0.05) is 11.1 Å². The molecule has 0 aliphatic rings. The quantitative estimate of drug-likeness (QED) is 0.589. The molecule has 2 aromatic rings. The molecular formula is C20H22O4. The second-order valence-corrected chi connectivity index (χ2v) is 5.42. The zero-order valence-electron chi connectivity index (χ0n) is 14.7. The van der Waals surface area contributed by atoms with Crippen LogP contribution in [0.1, 0.15) is 27.0 Å².